The maximum atomic E-state index is 8.88. The van der Waals surface area contributed by atoms with Crippen LogP contribution >= 0.6 is 0 Å². The third-order valence-electron chi connectivity index (χ3n) is 2.21. The Labute approximate surface area is 83.8 Å². The fraction of sp³-hybridized carbons (Fsp3) is 0.300. The molecular formula is C10H12BNO2. The van der Waals surface area contributed by atoms with Crippen molar-refractivity contribution in [2.24, 2.45) is 0 Å². The zero-order valence-corrected chi connectivity index (χ0v) is 8.23. The van der Waals surface area contributed by atoms with Gasteiger partial charge in [-0.15, -0.1) is 0 Å². The van der Waals surface area contributed by atoms with E-state index in [1.165, 1.54) is 0 Å². The van der Waals surface area contributed by atoms with E-state index in [1.807, 2.05) is 13.8 Å². The summed E-state index contributed by atoms with van der Waals surface area (Å²) in [7, 11) is -1.45. The molecule has 0 aliphatic rings. The van der Waals surface area contributed by atoms with Crippen LogP contribution in [0.2, 0.25) is 0 Å². The van der Waals surface area contributed by atoms with E-state index in [1.54, 1.807) is 24.3 Å². The van der Waals surface area contributed by atoms with Gasteiger partial charge in [0.1, 0.15) is 0 Å². The van der Waals surface area contributed by atoms with Crippen molar-refractivity contribution in [1.29, 1.82) is 5.26 Å². The highest BCUT2D eigenvalue weighted by Crippen LogP contribution is 2.20. The number of rotatable bonds is 2. The summed E-state index contributed by atoms with van der Waals surface area (Å²) in [6.45, 7) is 3.63. The monoisotopic (exact) mass is 189 g/mol. The van der Waals surface area contributed by atoms with Gasteiger partial charge < -0.3 is 10.0 Å². The third-order valence-corrected chi connectivity index (χ3v) is 2.21. The lowest BCUT2D eigenvalue weighted by Gasteiger charge is -2.15. The van der Waals surface area contributed by atoms with Gasteiger partial charge >= 0.3 is 7.12 Å². The largest absolute Gasteiger partial charge is 0.488 e. The molecule has 0 saturated carbocycles. The minimum Gasteiger partial charge on any atom is -0.423 e. The highest BCUT2D eigenvalue weighted by atomic mass is 16.4. The van der Waals surface area contributed by atoms with E-state index in [-0.39, 0.29) is 0 Å². The highest BCUT2D eigenvalue weighted by Gasteiger charge is 2.20. The van der Waals surface area contributed by atoms with Gasteiger partial charge in [-0.2, -0.15) is 5.26 Å². The molecule has 2 N–H and O–H groups in total. The van der Waals surface area contributed by atoms with Crippen molar-refractivity contribution >= 4 is 12.6 Å². The van der Waals surface area contributed by atoms with Crippen molar-refractivity contribution in [1.82, 2.24) is 0 Å². The quantitative estimate of drug-likeness (QED) is 0.651. The Morgan fingerprint density at radius 1 is 1.21 bits per heavy atom. The van der Waals surface area contributed by atoms with E-state index in [4.69, 9.17) is 15.3 Å². The Bertz CT molecular complexity index is 351. The molecule has 3 nitrogen and oxygen atoms in total. The van der Waals surface area contributed by atoms with Crippen LogP contribution in [0.25, 0.3) is 0 Å². The van der Waals surface area contributed by atoms with Gasteiger partial charge in [0.25, 0.3) is 0 Å². The molecule has 0 fully saturated rings. The van der Waals surface area contributed by atoms with Crippen LogP contribution in [0.15, 0.2) is 24.3 Å². The molecule has 0 atom stereocenters. The van der Waals surface area contributed by atoms with Crippen molar-refractivity contribution in [3.8, 4) is 6.07 Å². The topological polar surface area (TPSA) is 64.2 Å². The Morgan fingerprint density at radius 2 is 1.71 bits per heavy atom. The number of nitrogens with zero attached hydrogens (tertiary/aromatic N) is 1. The molecule has 1 aromatic carbocycles. The second-order valence-corrected chi connectivity index (χ2v) is 3.73. The first-order valence-corrected chi connectivity index (χ1v) is 4.35. The van der Waals surface area contributed by atoms with Gasteiger partial charge in [-0.1, -0.05) is 24.3 Å². The van der Waals surface area contributed by atoms with Crippen LogP contribution in [0.3, 0.4) is 0 Å². The number of nitriles is 1. The normalized spacial score (nSPS) is 10.8. The predicted octanol–water partition coefficient (Wildman–Crippen LogP) is 0.168. The van der Waals surface area contributed by atoms with Crippen molar-refractivity contribution in [3.05, 3.63) is 29.8 Å². The Hall–Kier alpha value is -1.31. The van der Waals surface area contributed by atoms with Crippen LogP contribution in [-0.4, -0.2) is 17.2 Å². The van der Waals surface area contributed by atoms with Crippen LogP contribution in [-0.2, 0) is 5.41 Å². The average Bonchev–Trinajstić information content (AvgIpc) is 2.18. The van der Waals surface area contributed by atoms with E-state index in [0.29, 0.717) is 5.46 Å². The number of hydrogen-bond acceptors (Lipinski definition) is 3. The summed E-state index contributed by atoms with van der Waals surface area (Å²) in [6.07, 6.45) is 0. The minimum atomic E-state index is -1.45. The molecule has 0 heterocycles. The minimum absolute atomic E-state index is 0.433. The van der Waals surface area contributed by atoms with Gasteiger partial charge in [0.2, 0.25) is 0 Å². The first kappa shape index (κ1) is 10.8. The lowest BCUT2D eigenvalue weighted by Crippen LogP contribution is -2.30. The van der Waals surface area contributed by atoms with Gasteiger partial charge in [-0.05, 0) is 24.9 Å². The lowest BCUT2D eigenvalue weighted by atomic mass is 9.78. The third kappa shape index (κ3) is 2.14. The van der Waals surface area contributed by atoms with Crippen molar-refractivity contribution in [2.75, 3.05) is 0 Å². The van der Waals surface area contributed by atoms with Gasteiger partial charge in [-0.25, -0.2) is 0 Å². The van der Waals surface area contributed by atoms with Crippen LogP contribution in [0.1, 0.15) is 19.4 Å². The molecule has 0 unspecified atom stereocenters. The molecule has 0 aromatic heterocycles. The first-order chi connectivity index (χ1) is 6.47. The molecule has 0 spiro atoms. The van der Waals surface area contributed by atoms with E-state index < -0.39 is 12.5 Å². The standard InChI is InChI=1S/C10H12BNO2/c1-10(2,7-12)8-3-5-9(6-4-8)11(13)14/h3-6,13-14H,1-2H3. The maximum Gasteiger partial charge on any atom is 0.488 e. The molecule has 4 heteroatoms. The summed E-state index contributed by atoms with van der Waals surface area (Å²) in [6, 6.07) is 8.87. The van der Waals surface area contributed by atoms with E-state index >= 15 is 0 Å². The Morgan fingerprint density at radius 3 is 2.07 bits per heavy atom. The van der Waals surface area contributed by atoms with Crippen LogP contribution in [0.5, 0.6) is 0 Å². The number of benzene rings is 1. The average molecular weight is 189 g/mol. The van der Waals surface area contributed by atoms with Crippen LogP contribution in [0.4, 0.5) is 0 Å². The lowest BCUT2D eigenvalue weighted by molar-refractivity contribution is 0.425. The molecule has 14 heavy (non-hydrogen) atoms. The number of hydrogen-bond donors (Lipinski definition) is 2. The molecular weight excluding hydrogens is 177 g/mol. The Kier molecular flexibility index (Phi) is 2.95. The Balaban J connectivity index is 3.01. The molecule has 1 rings (SSSR count). The molecule has 0 saturated heterocycles. The van der Waals surface area contributed by atoms with E-state index in [2.05, 4.69) is 6.07 Å². The first-order valence-electron chi connectivity index (χ1n) is 4.35. The zero-order chi connectivity index (χ0) is 10.8. The molecule has 0 amide bonds. The van der Waals surface area contributed by atoms with Crippen molar-refractivity contribution < 1.29 is 10.0 Å². The summed E-state index contributed by atoms with van der Waals surface area (Å²) in [4.78, 5) is 0. The summed E-state index contributed by atoms with van der Waals surface area (Å²) in [5.74, 6) is 0. The predicted molar refractivity (Wildman–Crippen MR) is 54.9 cm³/mol. The molecule has 72 valence electrons. The summed E-state index contributed by atoms with van der Waals surface area (Å²) in [5.41, 5.74) is 0.755. The highest BCUT2D eigenvalue weighted by molar-refractivity contribution is 6.58. The zero-order valence-electron chi connectivity index (χ0n) is 8.23. The fourth-order valence-electron chi connectivity index (χ4n) is 1.14. The second kappa shape index (κ2) is 3.83. The van der Waals surface area contributed by atoms with Gasteiger partial charge in [-0.3, -0.25) is 0 Å². The fourth-order valence-corrected chi connectivity index (χ4v) is 1.14. The molecule has 0 bridgehead atoms. The van der Waals surface area contributed by atoms with Gasteiger partial charge in [0, 0.05) is 0 Å². The molecule has 0 radical (unpaired) electrons. The van der Waals surface area contributed by atoms with E-state index in [0.717, 1.165) is 5.56 Å². The van der Waals surface area contributed by atoms with Crippen LogP contribution in [0, 0.1) is 11.3 Å². The summed E-state index contributed by atoms with van der Waals surface area (Å²) >= 11 is 0. The SMILES string of the molecule is CC(C)(C#N)c1ccc(B(O)O)cc1. The van der Waals surface area contributed by atoms with Crippen LogP contribution < -0.4 is 5.46 Å². The molecule has 1 aromatic rings. The summed E-state index contributed by atoms with van der Waals surface area (Å²) in [5, 5.41) is 26.6. The molecule has 0 aliphatic heterocycles. The van der Waals surface area contributed by atoms with Gasteiger partial charge in [0.05, 0.1) is 11.5 Å². The van der Waals surface area contributed by atoms with Crippen molar-refractivity contribution in [2.45, 2.75) is 19.3 Å². The van der Waals surface area contributed by atoms with Crippen molar-refractivity contribution in [3.63, 3.8) is 0 Å². The second-order valence-electron chi connectivity index (χ2n) is 3.73. The van der Waals surface area contributed by atoms with E-state index in [9.17, 15) is 0 Å². The molecule has 0 aliphatic carbocycles. The smallest absolute Gasteiger partial charge is 0.423 e. The van der Waals surface area contributed by atoms with Gasteiger partial charge in [0.15, 0.2) is 0 Å². The summed E-state index contributed by atoms with van der Waals surface area (Å²) < 4.78 is 0. The maximum absolute atomic E-state index is 8.88.